The molecule has 142 valence electrons. The zero-order valence-corrected chi connectivity index (χ0v) is 15.4. The van der Waals surface area contributed by atoms with Crippen molar-refractivity contribution in [3.63, 3.8) is 0 Å². The molecule has 28 heavy (non-hydrogen) atoms. The standard InChI is InChI=1S/C21H19N3O4/c1-27-19-6-4-3-5-18(19)24-20(25)15-11-17(13-22-12-15)23-16-9-7-14(8-10-16)21(26)28-2/h3-13,23H,1-2H3,(H,24,25). The minimum absolute atomic E-state index is 0.304. The lowest BCUT2D eigenvalue weighted by atomic mass is 10.2. The molecule has 0 unspecified atom stereocenters. The van der Waals surface area contributed by atoms with Crippen molar-refractivity contribution in [3.8, 4) is 5.75 Å². The Morgan fingerprint density at radius 2 is 1.64 bits per heavy atom. The number of methoxy groups -OCH3 is 2. The Hall–Kier alpha value is -3.87. The van der Waals surface area contributed by atoms with Crippen molar-refractivity contribution in [2.24, 2.45) is 0 Å². The van der Waals surface area contributed by atoms with E-state index in [4.69, 9.17) is 4.74 Å². The van der Waals surface area contributed by atoms with E-state index in [9.17, 15) is 9.59 Å². The molecule has 0 saturated heterocycles. The SMILES string of the molecule is COC(=O)c1ccc(Nc2cncc(C(=O)Nc3ccccc3OC)c2)cc1. The number of para-hydroxylation sites is 2. The Labute approximate surface area is 162 Å². The maximum absolute atomic E-state index is 12.6. The van der Waals surface area contributed by atoms with Crippen LogP contribution in [-0.2, 0) is 4.74 Å². The van der Waals surface area contributed by atoms with Crippen LogP contribution in [0, 0.1) is 0 Å². The van der Waals surface area contributed by atoms with Crippen LogP contribution in [0.1, 0.15) is 20.7 Å². The van der Waals surface area contributed by atoms with E-state index >= 15 is 0 Å². The summed E-state index contributed by atoms with van der Waals surface area (Å²) in [5.41, 5.74) is 2.81. The van der Waals surface area contributed by atoms with Gasteiger partial charge in [0.2, 0.25) is 0 Å². The number of nitrogens with zero attached hydrogens (tertiary/aromatic N) is 1. The summed E-state index contributed by atoms with van der Waals surface area (Å²) in [4.78, 5) is 28.2. The average molecular weight is 377 g/mol. The number of aromatic nitrogens is 1. The third-order valence-corrected chi connectivity index (χ3v) is 3.95. The number of rotatable bonds is 6. The van der Waals surface area contributed by atoms with Gasteiger partial charge in [-0.2, -0.15) is 0 Å². The van der Waals surface area contributed by atoms with Crippen molar-refractivity contribution in [1.29, 1.82) is 0 Å². The van der Waals surface area contributed by atoms with Crippen LogP contribution in [0.5, 0.6) is 5.75 Å². The molecular weight excluding hydrogens is 358 g/mol. The van der Waals surface area contributed by atoms with Gasteiger partial charge in [-0.1, -0.05) is 12.1 Å². The predicted octanol–water partition coefficient (Wildman–Crippen LogP) is 3.87. The summed E-state index contributed by atoms with van der Waals surface area (Å²) in [5.74, 6) is -0.131. The first kappa shape index (κ1) is 18.9. The monoisotopic (exact) mass is 377 g/mol. The largest absolute Gasteiger partial charge is 0.495 e. The lowest BCUT2D eigenvalue weighted by Crippen LogP contribution is -2.13. The molecule has 1 heterocycles. The molecule has 3 aromatic rings. The molecular formula is C21H19N3O4. The fraction of sp³-hybridized carbons (Fsp3) is 0.0952. The van der Waals surface area contributed by atoms with Gasteiger partial charge in [-0.25, -0.2) is 4.79 Å². The minimum atomic E-state index is -0.400. The molecule has 1 aromatic heterocycles. The normalized spacial score (nSPS) is 10.1. The van der Waals surface area contributed by atoms with Crippen LogP contribution in [0.3, 0.4) is 0 Å². The molecule has 2 N–H and O–H groups in total. The molecule has 0 radical (unpaired) electrons. The molecule has 0 atom stereocenters. The van der Waals surface area contributed by atoms with Crippen molar-refractivity contribution in [3.05, 3.63) is 78.1 Å². The second-order valence-electron chi connectivity index (χ2n) is 5.81. The number of hydrogen-bond acceptors (Lipinski definition) is 6. The molecule has 0 aliphatic carbocycles. The maximum atomic E-state index is 12.6. The molecule has 0 spiro atoms. The molecule has 7 heteroatoms. The quantitative estimate of drug-likeness (QED) is 0.634. The Morgan fingerprint density at radius 1 is 0.893 bits per heavy atom. The molecule has 7 nitrogen and oxygen atoms in total. The van der Waals surface area contributed by atoms with E-state index in [-0.39, 0.29) is 5.91 Å². The van der Waals surface area contributed by atoms with Crippen molar-refractivity contribution in [2.45, 2.75) is 0 Å². The first-order valence-corrected chi connectivity index (χ1v) is 8.45. The highest BCUT2D eigenvalue weighted by Gasteiger charge is 2.11. The van der Waals surface area contributed by atoms with Gasteiger partial charge in [0.05, 0.1) is 42.9 Å². The highest BCUT2D eigenvalue weighted by Crippen LogP contribution is 2.24. The van der Waals surface area contributed by atoms with E-state index in [1.165, 1.54) is 13.3 Å². The fourth-order valence-corrected chi connectivity index (χ4v) is 2.55. The van der Waals surface area contributed by atoms with Crippen LogP contribution in [0.2, 0.25) is 0 Å². The summed E-state index contributed by atoms with van der Waals surface area (Å²) < 4.78 is 9.92. The first-order valence-electron chi connectivity index (χ1n) is 8.45. The van der Waals surface area contributed by atoms with Gasteiger partial charge >= 0.3 is 5.97 Å². The number of ether oxygens (including phenoxy) is 2. The molecule has 0 fully saturated rings. The highest BCUT2D eigenvalue weighted by atomic mass is 16.5. The van der Waals surface area contributed by atoms with Crippen molar-refractivity contribution in [1.82, 2.24) is 4.98 Å². The summed E-state index contributed by atoms with van der Waals surface area (Å²) >= 11 is 0. The second kappa shape index (κ2) is 8.68. The van der Waals surface area contributed by atoms with Gasteiger partial charge in [-0.15, -0.1) is 0 Å². The van der Waals surface area contributed by atoms with Gasteiger partial charge in [0, 0.05) is 11.9 Å². The molecule has 0 bridgehead atoms. The number of esters is 1. The number of anilines is 3. The van der Waals surface area contributed by atoms with E-state index in [0.717, 1.165) is 5.69 Å². The molecule has 2 aromatic carbocycles. The summed E-state index contributed by atoms with van der Waals surface area (Å²) in [5, 5.41) is 5.96. The summed E-state index contributed by atoms with van der Waals surface area (Å²) in [6.07, 6.45) is 3.09. The van der Waals surface area contributed by atoms with Crippen LogP contribution in [0.25, 0.3) is 0 Å². The van der Waals surface area contributed by atoms with Crippen LogP contribution >= 0.6 is 0 Å². The summed E-state index contributed by atoms with van der Waals surface area (Å²) in [7, 11) is 2.88. The number of hydrogen-bond donors (Lipinski definition) is 2. The van der Waals surface area contributed by atoms with E-state index in [1.54, 1.807) is 55.8 Å². The van der Waals surface area contributed by atoms with Gasteiger partial charge in [-0.3, -0.25) is 9.78 Å². The van der Waals surface area contributed by atoms with Crippen molar-refractivity contribution in [2.75, 3.05) is 24.9 Å². The average Bonchev–Trinajstić information content (AvgIpc) is 2.74. The fourth-order valence-electron chi connectivity index (χ4n) is 2.55. The smallest absolute Gasteiger partial charge is 0.337 e. The molecule has 0 aliphatic heterocycles. The predicted molar refractivity (Wildman–Crippen MR) is 106 cm³/mol. The third-order valence-electron chi connectivity index (χ3n) is 3.95. The Morgan fingerprint density at radius 3 is 2.36 bits per heavy atom. The van der Waals surface area contributed by atoms with Crippen LogP contribution in [-0.4, -0.2) is 31.1 Å². The lowest BCUT2D eigenvalue weighted by Gasteiger charge is -2.11. The Balaban J connectivity index is 1.73. The van der Waals surface area contributed by atoms with E-state index in [2.05, 4.69) is 20.4 Å². The minimum Gasteiger partial charge on any atom is -0.495 e. The third kappa shape index (κ3) is 4.45. The zero-order valence-electron chi connectivity index (χ0n) is 15.4. The highest BCUT2D eigenvalue weighted by molar-refractivity contribution is 6.05. The lowest BCUT2D eigenvalue weighted by molar-refractivity contribution is 0.0600. The van der Waals surface area contributed by atoms with Gasteiger partial charge < -0.3 is 20.1 Å². The van der Waals surface area contributed by atoms with Gasteiger partial charge in [0.1, 0.15) is 5.75 Å². The van der Waals surface area contributed by atoms with Gasteiger partial charge in [-0.05, 0) is 42.5 Å². The zero-order chi connectivity index (χ0) is 19.9. The van der Waals surface area contributed by atoms with Gasteiger partial charge in [0.25, 0.3) is 5.91 Å². The topological polar surface area (TPSA) is 89.5 Å². The van der Waals surface area contributed by atoms with Crippen LogP contribution < -0.4 is 15.4 Å². The first-order chi connectivity index (χ1) is 13.6. The van der Waals surface area contributed by atoms with E-state index in [0.29, 0.717) is 28.3 Å². The molecule has 0 saturated carbocycles. The summed E-state index contributed by atoms with van der Waals surface area (Å²) in [6.45, 7) is 0. The van der Waals surface area contributed by atoms with Crippen LogP contribution in [0.4, 0.5) is 17.1 Å². The number of benzene rings is 2. The Kier molecular flexibility index (Phi) is 5.86. The van der Waals surface area contributed by atoms with Gasteiger partial charge in [0.15, 0.2) is 0 Å². The number of carbonyl (C=O) groups is 2. The second-order valence-corrected chi connectivity index (χ2v) is 5.81. The molecule has 3 rings (SSSR count). The maximum Gasteiger partial charge on any atom is 0.337 e. The summed E-state index contributed by atoms with van der Waals surface area (Å²) in [6, 6.07) is 15.6. The molecule has 1 amide bonds. The molecule has 0 aliphatic rings. The van der Waals surface area contributed by atoms with Crippen molar-refractivity contribution < 1.29 is 19.1 Å². The van der Waals surface area contributed by atoms with E-state index < -0.39 is 5.97 Å². The van der Waals surface area contributed by atoms with Crippen LogP contribution in [0.15, 0.2) is 67.0 Å². The number of carbonyl (C=O) groups excluding carboxylic acids is 2. The van der Waals surface area contributed by atoms with E-state index in [1.807, 2.05) is 12.1 Å². The van der Waals surface area contributed by atoms with Crippen molar-refractivity contribution >= 4 is 28.9 Å². The number of pyridine rings is 1. The Bertz CT molecular complexity index is 987. The number of amides is 1. The number of nitrogens with one attached hydrogen (secondary N) is 2.